The molecule has 0 spiro atoms. The average Bonchev–Trinajstić information content (AvgIpc) is 3.86. The number of carbonyl (C=O) groups is 6. The maximum absolute atomic E-state index is 14.2. The smallest absolute Gasteiger partial charge is 0.326 e. The number of phenols is 1. The summed E-state index contributed by atoms with van der Waals surface area (Å²) in [6.07, 6.45) is 3.99. The number of unbranched alkanes of at least 4 members (excludes halogenated alkanes) is 1. The van der Waals surface area contributed by atoms with Gasteiger partial charge in [-0.05, 0) is 87.9 Å². The second kappa shape index (κ2) is 21.8. The lowest BCUT2D eigenvalue weighted by Gasteiger charge is -2.31. The van der Waals surface area contributed by atoms with Crippen molar-refractivity contribution in [3.05, 3.63) is 29.8 Å². The first-order chi connectivity index (χ1) is 26.2. The summed E-state index contributed by atoms with van der Waals surface area (Å²) in [5, 5.41) is 27.8. The number of hydrogen-bond donors (Lipinski definition) is 9. The molecular formula is C37H60N10O8. The number of amides is 5. The molecule has 1 aromatic carbocycles. The number of carbonyl (C=O) groups excluding carboxylic acids is 5. The number of phenolic OH excluding ortho intramolecular Hbond substituents is 1. The number of aliphatic imine (C=N–C) groups is 1. The Morgan fingerprint density at radius 3 is 1.95 bits per heavy atom. The molecule has 0 radical (unpaired) electrons. The van der Waals surface area contributed by atoms with Gasteiger partial charge in [0.1, 0.15) is 36.0 Å². The van der Waals surface area contributed by atoms with Crippen molar-refractivity contribution in [3.63, 3.8) is 0 Å². The van der Waals surface area contributed by atoms with Crippen molar-refractivity contribution in [1.29, 1.82) is 0 Å². The molecule has 1 aromatic rings. The maximum Gasteiger partial charge on any atom is 0.326 e. The number of nitrogens with one attached hydrogen (secondary N) is 3. The van der Waals surface area contributed by atoms with Crippen LogP contribution in [0, 0.1) is 5.92 Å². The van der Waals surface area contributed by atoms with Crippen molar-refractivity contribution in [2.24, 2.45) is 33.8 Å². The van der Waals surface area contributed by atoms with E-state index in [1.807, 2.05) is 13.8 Å². The predicted molar refractivity (Wildman–Crippen MR) is 205 cm³/mol. The van der Waals surface area contributed by atoms with Gasteiger partial charge in [-0.25, -0.2) is 4.79 Å². The van der Waals surface area contributed by atoms with Crippen LogP contribution in [0.3, 0.4) is 0 Å². The van der Waals surface area contributed by atoms with Gasteiger partial charge in [-0.15, -0.1) is 0 Å². The third kappa shape index (κ3) is 13.1. The Labute approximate surface area is 322 Å². The molecule has 2 aliphatic rings. The lowest BCUT2D eigenvalue weighted by molar-refractivity contribution is -0.145. The number of rotatable bonds is 21. The van der Waals surface area contributed by atoms with Gasteiger partial charge in [0.2, 0.25) is 29.5 Å². The number of carboxylic acids is 1. The standard InChI is InChI=1S/C37H60N10O8/c1-3-22(2)30(39)35(53)47-20-8-12-29(47)33(51)45-27(21-23-13-15-24(48)16-14-23)31(49)43-25(9-4-5-17-38)34(52)46-19-7-11-28(46)32(50)44-26(36(54)55)10-6-18-42-37(40)41/h13-16,22,25-30,48H,3-12,17-21,38-39H2,1-2H3,(H,43,49)(H,44,50)(H,45,51)(H,54,55)(H4,40,41,42)/t22-,25-,26-,27-,28-,29-,30-/m0/s1. The molecule has 2 saturated heterocycles. The molecule has 18 heteroatoms. The minimum atomic E-state index is -1.24. The summed E-state index contributed by atoms with van der Waals surface area (Å²) in [4.78, 5) is 87.5. The fraction of sp³-hybridized carbons (Fsp3) is 0.649. The van der Waals surface area contributed by atoms with Crippen molar-refractivity contribution < 1.29 is 39.0 Å². The third-order valence-corrected chi connectivity index (χ3v) is 10.3. The quantitative estimate of drug-likeness (QED) is 0.0414. The van der Waals surface area contributed by atoms with E-state index in [0.29, 0.717) is 63.6 Å². The van der Waals surface area contributed by atoms with Gasteiger partial charge in [-0.2, -0.15) is 0 Å². The summed E-state index contributed by atoms with van der Waals surface area (Å²) >= 11 is 0. The Morgan fingerprint density at radius 2 is 1.40 bits per heavy atom. The molecule has 18 nitrogen and oxygen atoms in total. The molecule has 306 valence electrons. The molecular weight excluding hydrogens is 712 g/mol. The van der Waals surface area contributed by atoms with Gasteiger partial charge in [-0.3, -0.25) is 29.0 Å². The monoisotopic (exact) mass is 772 g/mol. The van der Waals surface area contributed by atoms with E-state index in [-0.39, 0.29) is 62.3 Å². The third-order valence-electron chi connectivity index (χ3n) is 10.3. The van der Waals surface area contributed by atoms with Gasteiger partial charge in [0.15, 0.2) is 5.96 Å². The van der Waals surface area contributed by atoms with Crippen LogP contribution in [0.15, 0.2) is 29.3 Å². The molecule has 2 fully saturated rings. The first-order valence-corrected chi connectivity index (χ1v) is 19.2. The first-order valence-electron chi connectivity index (χ1n) is 19.2. The van der Waals surface area contributed by atoms with Gasteiger partial charge >= 0.3 is 5.97 Å². The van der Waals surface area contributed by atoms with Crippen molar-refractivity contribution >= 4 is 41.5 Å². The molecule has 55 heavy (non-hydrogen) atoms. The van der Waals surface area contributed by atoms with Gasteiger partial charge in [-0.1, -0.05) is 32.4 Å². The summed E-state index contributed by atoms with van der Waals surface area (Å²) in [7, 11) is 0. The normalized spacial score (nSPS) is 19.4. The molecule has 7 atom stereocenters. The minimum Gasteiger partial charge on any atom is -0.508 e. The number of benzene rings is 1. The van der Waals surface area contributed by atoms with Crippen molar-refractivity contribution in [1.82, 2.24) is 25.8 Å². The Kier molecular flexibility index (Phi) is 17.6. The van der Waals surface area contributed by atoms with Crippen LogP contribution in [0.5, 0.6) is 5.75 Å². The largest absolute Gasteiger partial charge is 0.508 e. The van der Waals surface area contributed by atoms with E-state index < -0.39 is 65.8 Å². The van der Waals surface area contributed by atoms with Gasteiger partial charge in [0, 0.05) is 26.1 Å². The van der Waals surface area contributed by atoms with Crippen LogP contribution in [0.2, 0.25) is 0 Å². The van der Waals surface area contributed by atoms with Crippen molar-refractivity contribution in [3.8, 4) is 5.75 Å². The molecule has 2 aliphatic heterocycles. The van der Waals surface area contributed by atoms with Gasteiger partial charge in [0.25, 0.3) is 0 Å². The minimum absolute atomic E-state index is 0.00309. The second-order valence-corrected chi connectivity index (χ2v) is 14.4. The molecule has 3 rings (SSSR count). The number of guanidine groups is 1. The van der Waals surface area contributed by atoms with E-state index in [1.165, 1.54) is 21.9 Å². The number of hydrogen-bond acceptors (Lipinski definition) is 10. The van der Waals surface area contributed by atoms with Crippen LogP contribution in [0.1, 0.15) is 83.6 Å². The number of nitrogens with two attached hydrogens (primary N) is 4. The Hall–Kier alpha value is -4.97. The van der Waals surface area contributed by atoms with Gasteiger partial charge in [0.05, 0.1) is 6.04 Å². The SMILES string of the molecule is CC[C@H](C)[C@H](N)C(=O)N1CCC[C@H]1C(=O)N[C@@H](Cc1ccc(O)cc1)C(=O)N[C@@H](CCCCN)C(=O)N1CCC[C@H]1C(=O)N[C@@H](CCCN=C(N)N)C(=O)O. The molecule has 0 aromatic heterocycles. The number of nitrogens with zero attached hydrogens (tertiary/aromatic N) is 3. The van der Waals surface area contributed by atoms with Crippen molar-refractivity contribution in [2.75, 3.05) is 26.2 Å². The van der Waals surface area contributed by atoms with E-state index in [2.05, 4.69) is 20.9 Å². The molecule has 0 unspecified atom stereocenters. The van der Waals surface area contributed by atoms with E-state index in [9.17, 15) is 39.0 Å². The van der Waals surface area contributed by atoms with E-state index in [1.54, 1.807) is 12.1 Å². The second-order valence-electron chi connectivity index (χ2n) is 14.4. The summed E-state index contributed by atoms with van der Waals surface area (Å²) in [6, 6.07) is 0.0213. The lowest BCUT2D eigenvalue weighted by Crippen LogP contribution is -2.59. The number of carboxylic acid groups (broad SMARTS) is 1. The topological polar surface area (TPSA) is 302 Å². The average molecular weight is 773 g/mol. The highest BCUT2D eigenvalue weighted by Crippen LogP contribution is 2.23. The maximum atomic E-state index is 14.2. The van der Waals surface area contributed by atoms with Crippen LogP contribution in [0.25, 0.3) is 0 Å². The van der Waals surface area contributed by atoms with Crippen LogP contribution < -0.4 is 38.9 Å². The Morgan fingerprint density at radius 1 is 0.836 bits per heavy atom. The highest BCUT2D eigenvalue weighted by atomic mass is 16.4. The zero-order valence-electron chi connectivity index (χ0n) is 32.0. The zero-order valence-corrected chi connectivity index (χ0v) is 32.0. The molecule has 5 amide bonds. The molecule has 0 saturated carbocycles. The molecule has 13 N–H and O–H groups in total. The fourth-order valence-corrected chi connectivity index (χ4v) is 6.89. The van der Waals surface area contributed by atoms with Crippen LogP contribution in [-0.4, -0.2) is 124 Å². The zero-order chi connectivity index (χ0) is 40.7. The molecule has 0 aliphatic carbocycles. The van der Waals surface area contributed by atoms with Crippen LogP contribution in [0.4, 0.5) is 0 Å². The van der Waals surface area contributed by atoms with Gasteiger partial charge < -0.3 is 58.9 Å². The molecule has 2 heterocycles. The summed E-state index contributed by atoms with van der Waals surface area (Å²) < 4.78 is 0. The van der Waals surface area contributed by atoms with Crippen molar-refractivity contribution in [2.45, 2.75) is 121 Å². The highest BCUT2D eigenvalue weighted by Gasteiger charge is 2.41. The fourth-order valence-electron chi connectivity index (χ4n) is 6.89. The first kappa shape index (κ1) is 44.4. The molecule has 0 bridgehead atoms. The Bertz CT molecular complexity index is 1500. The summed E-state index contributed by atoms with van der Waals surface area (Å²) in [5.41, 5.74) is 23.3. The van der Waals surface area contributed by atoms with E-state index >= 15 is 0 Å². The summed E-state index contributed by atoms with van der Waals surface area (Å²) in [5.74, 6) is -4.14. The number of aromatic hydroxyl groups is 1. The van der Waals surface area contributed by atoms with E-state index in [4.69, 9.17) is 22.9 Å². The highest BCUT2D eigenvalue weighted by molar-refractivity contribution is 5.97. The Balaban J connectivity index is 1.82. The predicted octanol–water partition coefficient (Wildman–Crippen LogP) is -0.988. The summed E-state index contributed by atoms with van der Waals surface area (Å²) in [6.45, 7) is 4.89. The van der Waals surface area contributed by atoms with Crippen LogP contribution >= 0.6 is 0 Å². The number of aliphatic carboxylic acids is 1. The van der Waals surface area contributed by atoms with E-state index in [0.717, 1.165) is 0 Å². The number of likely N-dealkylation sites (tertiary alicyclic amines) is 2. The van der Waals surface area contributed by atoms with Crippen LogP contribution in [-0.2, 0) is 35.2 Å². The lowest BCUT2D eigenvalue weighted by atomic mass is 9.98.